The Balaban J connectivity index is 3.23. The van der Waals surface area contributed by atoms with Crippen molar-refractivity contribution in [3.05, 3.63) is 0 Å². The van der Waals surface area contributed by atoms with E-state index in [4.69, 9.17) is 0 Å². The Labute approximate surface area is 186 Å². The van der Waals surface area contributed by atoms with E-state index in [1.54, 1.807) is 0 Å². The summed E-state index contributed by atoms with van der Waals surface area (Å²) in [5.41, 5.74) is 0. The molecule has 0 heterocycles. The highest BCUT2D eigenvalue weighted by atomic mass is 32.1. The largest absolute Gasteiger partial charge is 0.287 e. The third-order valence-electron chi connectivity index (χ3n) is 5.68. The van der Waals surface area contributed by atoms with E-state index in [1.165, 1.54) is 103 Å². The molecular formula is C24H46O2S2. The topological polar surface area (TPSA) is 34.1 Å². The second-order valence-corrected chi connectivity index (χ2v) is 9.37. The van der Waals surface area contributed by atoms with Crippen molar-refractivity contribution in [1.29, 1.82) is 0 Å². The first-order chi connectivity index (χ1) is 13.6. The summed E-state index contributed by atoms with van der Waals surface area (Å²) in [5.74, 6) is -0.241. The molecule has 0 aliphatic rings. The van der Waals surface area contributed by atoms with E-state index in [0.29, 0.717) is 0 Å². The van der Waals surface area contributed by atoms with Gasteiger partial charge in [0.25, 0.3) is 0 Å². The average Bonchev–Trinajstić information content (AvgIpc) is 2.65. The number of carbonyl (C=O) groups excluding carboxylic acids is 2. The van der Waals surface area contributed by atoms with Gasteiger partial charge < -0.3 is 0 Å². The zero-order chi connectivity index (χ0) is 20.9. The molecule has 0 N–H and O–H groups in total. The highest BCUT2D eigenvalue weighted by Crippen LogP contribution is 2.19. The molecule has 0 amide bonds. The van der Waals surface area contributed by atoms with E-state index in [0.717, 1.165) is 19.3 Å². The van der Waals surface area contributed by atoms with Gasteiger partial charge in [0.05, 0.1) is 0 Å². The predicted molar refractivity (Wildman–Crippen MR) is 129 cm³/mol. The van der Waals surface area contributed by atoms with Crippen molar-refractivity contribution in [2.75, 3.05) is 0 Å². The molecule has 1 unspecified atom stereocenters. The minimum atomic E-state index is -0.241. The second-order valence-electron chi connectivity index (χ2n) is 8.43. The van der Waals surface area contributed by atoms with Crippen molar-refractivity contribution in [2.45, 2.75) is 135 Å². The van der Waals surface area contributed by atoms with Crippen LogP contribution in [0.15, 0.2) is 0 Å². The third kappa shape index (κ3) is 20.8. The van der Waals surface area contributed by atoms with Gasteiger partial charge in [-0.05, 0) is 6.42 Å². The molecule has 0 radical (unpaired) electrons. The predicted octanol–water partition coefficient (Wildman–Crippen LogP) is 8.34. The SMILES string of the molecule is CCCCCCCCCCCCCCCCCCCCC(CC(=O)S)C(=O)S. The minimum absolute atomic E-state index is 0.172. The first kappa shape index (κ1) is 28.0. The molecule has 0 aliphatic heterocycles. The molecule has 0 aromatic carbocycles. The molecule has 0 saturated heterocycles. The lowest BCUT2D eigenvalue weighted by molar-refractivity contribution is -0.119. The number of unbranched alkanes of at least 4 members (excludes halogenated alkanes) is 17. The summed E-state index contributed by atoms with van der Waals surface area (Å²) in [6, 6.07) is 0. The Morgan fingerprint density at radius 2 is 0.893 bits per heavy atom. The molecule has 0 aromatic heterocycles. The van der Waals surface area contributed by atoms with Crippen LogP contribution >= 0.6 is 25.3 Å². The van der Waals surface area contributed by atoms with Crippen molar-refractivity contribution in [2.24, 2.45) is 5.92 Å². The van der Waals surface area contributed by atoms with Crippen molar-refractivity contribution in [3.63, 3.8) is 0 Å². The summed E-state index contributed by atoms with van der Waals surface area (Å²) >= 11 is 7.65. The van der Waals surface area contributed by atoms with Crippen molar-refractivity contribution >= 4 is 35.5 Å². The van der Waals surface area contributed by atoms with Crippen LogP contribution in [0, 0.1) is 5.92 Å². The van der Waals surface area contributed by atoms with Crippen LogP contribution in [0.1, 0.15) is 135 Å². The van der Waals surface area contributed by atoms with Crippen LogP contribution in [0.4, 0.5) is 0 Å². The summed E-state index contributed by atoms with van der Waals surface area (Å²) in [6.07, 6.45) is 25.4. The van der Waals surface area contributed by atoms with E-state index in [1.807, 2.05) is 0 Å². The van der Waals surface area contributed by atoms with Crippen LogP contribution in [-0.2, 0) is 9.59 Å². The van der Waals surface area contributed by atoms with Gasteiger partial charge in [0.2, 0.25) is 0 Å². The number of carbonyl (C=O) groups is 2. The van der Waals surface area contributed by atoms with Gasteiger partial charge in [-0.15, -0.1) is 25.3 Å². The molecule has 0 rings (SSSR count). The van der Waals surface area contributed by atoms with Crippen LogP contribution in [0.2, 0.25) is 0 Å². The summed E-state index contributed by atoms with van der Waals surface area (Å²) in [7, 11) is 0. The molecule has 1 atom stereocenters. The summed E-state index contributed by atoms with van der Waals surface area (Å²) in [6.45, 7) is 2.28. The standard InChI is InChI=1S/C24H46O2S2/c1-2-3-4-5-6-7-8-9-10-11-12-13-14-15-16-17-18-19-20-22(24(26)28)21-23(25)27/h22H,2-21H2,1H3,(H,25,27)(H,26,28). The zero-order valence-corrected chi connectivity index (χ0v) is 20.2. The fraction of sp³-hybridized carbons (Fsp3) is 0.917. The number of hydrogen-bond donors (Lipinski definition) is 2. The first-order valence-electron chi connectivity index (χ1n) is 12.0. The number of hydrogen-bond acceptors (Lipinski definition) is 2. The van der Waals surface area contributed by atoms with Gasteiger partial charge in [-0.3, -0.25) is 9.59 Å². The maximum atomic E-state index is 11.4. The van der Waals surface area contributed by atoms with Gasteiger partial charge in [-0.25, -0.2) is 0 Å². The molecule has 0 bridgehead atoms. The molecule has 0 aliphatic carbocycles. The zero-order valence-electron chi connectivity index (χ0n) is 18.4. The molecule has 0 fully saturated rings. The van der Waals surface area contributed by atoms with Crippen LogP contribution in [-0.4, -0.2) is 10.2 Å². The lowest BCUT2D eigenvalue weighted by atomic mass is 9.98. The lowest BCUT2D eigenvalue weighted by Gasteiger charge is -2.10. The lowest BCUT2D eigenvalue weighted by Crippen LogP contribution is -2.11. The summed E-state index contributed by atoms with van der Waals surface area (Å²) < 4.78 is 0. The highest BCUT2D eigenvalue weighted by molar-refractivity contribution is 7.97. The normalized spacial score (nSPS) is 12.2. The first-order valence-corrected chi connectivity index (χ1v) is 12.9. The van der Waals surface area contributed by atoms with Crippen molar-refractivity contribution in [1.82, 2.24) is 0 Å². The van der Waals surface area contributed by atoms with E-state index in [9.17, 15) is 9.59 Å². The fourth-order valence-electron chi connectivity index (χ4n) is 3.82. The Hall–Kier alpha value is 0.0400. The Kier molecular flexibility index (Phi) is 21.8. The summed E-state index contributed by atoms with van der Waals surface area (Å²) in [4.78, 5) is 22.4. The van der Waals surface area contributed by atoms with Gasteiger partial charge in [-0.2, -0.15) is 0 Å². The third-order valence-corrected chi connectivity index (χ3v) is 6.22. The quantitative estimate of drug-likeness (QED) is 0.134. The van der Waals surface area contributed by atoms with Crippen LogP contribution < -0.4 is 0 Å². The minimum Gasteiger partial charge on any atom is -0.287 e. The summed E-state index contributed by atoms with van der Waals surface area (Å²) in [5, 5.41) is -0.385. The monoisotopic (exact) mass is 430 g/mol. The Bertz CT molecular complexity index is 372. The molecule has 0 aromatic rings. The second kappa shape index (κ2) is 21.7. The average molecular weight is 431 g/mol. The van der Waals surface area contributed by atoms with Gasteiger partial charge in [0, 0.05) is 12.3 Å². The Morgan fingerprint density at radius 1 is 0.571 bits per heavy atom. The highest BCUT2D eigenvalue weighted by Gasteiger charge is 2.16. The van der Waals surface area contributed by atoms with E-state index in [-0.39, 0.29) is 22.6 Å². The molecule has 28 heavy (non-hydrogen) atoms. The van der Waals surface area contributed by atoms with Gasteiger partial charge in [-0.1, -0.05) is 122 Å². The molecule has 4 heteroatoms. The molecule has 0 saturated carbocycles. The maximum Gasteiger partial charge on any atom is 0.189 e. The molecule has 2 nitrogen and oxygen atoms in total. The Morgan fingerprint density at radius 3 is 1.18 bits per heavy atom. The van der Waals surface area contributed by atoms with Crippen molar-refractivity contribution < 1.29 is 9.59 Å². The van der Waals surface area contributed by atoms with Crippen LogP contribution in [0.3, 0.4) is 0 Å². The van der Waals surface area contributed by atoms with Gasteiger partial charge in [0.1, 0.15) is 0 Å². The van der Waals surface area contributed by atoms with Crippen LogP contribution in [0.25, 0.3) is 0 Å². The number of rotatable bonds is 22. The maximum absolute atomic E-state index is 11.4. The molecule has 0 spiro atoms. The van der Waals surface area contributed by atoms with Gasteiger partial charge >= 0.3 is 0 Å². The molecular weight excluding hydrogens is 384 g/mol. The van der Waals surface area contributed by atoms with E-state index in [2.05, 4.69) is 32.2 Å². The number of thiol groups is 2. The molecule has 166 valence electrons. The van der Waals surface area contributed by atoms with E-state index < -0.39 is 0 Å². The smallest absolute Gasteiger partial charge is 0.189 e. The van der Waals surface area contributed by atoms with Crippen LogP contribution in [0.5, 0.6) is 0 Å². The van der Waals surface area contributed by atoms with E-state index >= 15 is 0 Å². The van der Waals surface area contributed by atoms with Gasteiger partial charge in [0.15, 0.2) is 10.2 Å². The van der Waals surface area contributed by atoms with Crippen molar-refractivity contribution in [3.8, 4) is 0 Å². The fourth-order valence-corrected chi connectivity index (χ4v) is 4.26.